The molecule has 0 aliphatic carbocycles. The Morgan fingerprint density at radius 2 is 0.633 bits per heavy atom. The van der Waals surface area contributed by atoms with E-state index < -0.39 is 8.80 Å². The number of hydrogen-bond donors (Lipinski definition) is 1. The summed E-state index contributed by atoms with van der Waals surface area (Å²) < 4.78 is 16.4. The maximum atomic E-state index is 8.75. The number of rotatable bonds is 25. The molecule has 0 rings (SSSR count). The van der Waals surface area contributed by atoms with Crippen molar-refractivity contribution < 1.29 is 18.4 Å². The molecule has 0 spiro atoms. The highest BCUT2D eigenvalue weighted by Gasteiger charge is 2.36. The van der Waals surface area contributed by atoms with E-state index in [1.54, 1.807) is 21.3 Å². The third-order valence-corrected chi connectivity index (χ3v) is 9.16. The van der Waals surface area contributed by atoms with Crippen LogP contribution in [0.3, 0.4) is 0 Å². The molecule has 0 heterocycles. The van der Waals surface area contributed by atoms with Gasteiger partial charge in [-0.3, -0.25) is 0 Å². The van der Waals surface area contributed by atoms with E-state index in [0.717, 1.165) is 18.9 Å². The van der Waals surface area contributed by atoms with Crippen LogP contribution in [0.25, 0.3) is 0 Å². The van der Waals surface area contributed by atoms with E-state index in [1.165, 1.54) is 116 Å². The number of hydrogen-bond acceptors (Lipinski definition) is 4. The predicted molar refractivity (Wildman–Crippen MR) is 131 cm³/mol. The first-order valence-corrected chi connectivity index (χ1v) is 14.9. The number of unbranched alkanes of at least 4 members (excludes halogenated alkanes) is 19. The molecule has 0 aromatic heterocycles. The van der Waals surface area contributed by atoms with Gasteiger partial charge in [-0.2, -0.15) is 0 Å². The molecule has 0 aliphatic rings. The van der Waals surface area contributed by atoms with Crippen molar-refractivity contribution in [3.63, 3.8) is 0 Å². The molecule has 182 valence electrons. The zero-order chi connectivity index (χ0) is 22.2. The van der Waals surface area contributed by atoms with Gasteiger partial charge in [-0.15, -0.1) is 0 Å². The summed E-state index contributed by atoms with van der Waals surface area (Å²) in [6.07, 6.45) is 27.0. The van der Waals surface area contributed by atoms with Gasteiger partial charge in [0, 0.05) is 34.0 Å². The molecule has 1 N–H and O–H groups in total. The molecule has 4 nitrogen and oxygen atoms in total. The maximum absolute atomic E-state index is 8.75. The minimum Gasteiger partial charge on any atom is -0.396 e. The van der Waals surface area contributed by atoms with Crippen molar-refractivity contribution in [1.29, 1.82) is 0 Å². The fourth-order valence-corrected chi connectivity index (χ4v) is 5.99. The Morgan fingerprint density at radius 1 is 0.400 bits per heavy atom. The Balaban J connectivity index is 3.16. The number of aliphatic hydroxyl groups excluding tert-OH is 1. The molecule has 0 saturated carbocycles. The van der Waals surface area contributed by atoms with Crippen LogP contribution in [-0.2, 0) is 13.3 Å². The normalized spacial score (nSPS) is 12.0. The lowest BCUT2D eigenvalue weighted by Crippen LogP contribution is -2.42. The Morgan fingerprint density at radius 3 is 0.867 bits per heavy atom. The molecule has 0 radical (unpaired) electrons. The molecule has 0 amide bonds. The lowest BCUT2D eigenvalue weighted by molar-refractivity contribution is 0.122. The summed E-state index contributed by atoms with van der Waals surface area (Å²) in [5, 5.41) is 8.75. The minimum absolute atomic E-state index is 0.364. The van der Waals surface area contributed by atoms with Gasteiger partial charge in [0.1, 0.15) is 0 Å². The standard InChI is InChI=1S/C25H54O4Si/c1-27-30(28-2,29-3)25-23-21-19-17-15-13-11-9-7-5-4-6-8-10-12-14-16-18-20-22-24-26/h26H,4-25H2,1-3H3. The third kappa shape index (κ3) is 18.8. The minimum atomic E-state index is -2.34. The predicted octanol–water partition coefficient (Wildman–Crippen LogP) is 7.66. The van der Waals surface area contributed by atoms with Crippen molar-refractivity contribution in [3.8, 4) is 0 Å². The molecule has 0 bridgehead atoms. The highest BCUT2D eigenvalue weighted by atomic mass is 28.4. The highest BCUT2D eigenvalue weighted by Crippen LogP contribution is 2.19. The lowest BCUT2D eigenvalue weighted by atomic mass is 10.0. The van der Waals surface area contributed by atoms with Crippen LogP contribution >= 0.6 is 0 Å². The molecule has 0 aliphatic heterocycles. The first-order valence-electron chi connectivity index (χ1n) is 13.0. The fraction of sp³-hybridized carbons (Fsp3) is 1.00. The van der Waals surface area contributed by atoms with E-state index in [1.807, 2.05) is 0 Å². The van der Waals surface area contributed by atoms with Crippen LogP contribution in [0.1, 0.15) is 128 Å². The van der Waals surface area contributed by atoms with Crippen molar-refractivity contribution in [2.75, 3.05) is 27.9 Å². The SMILES string of the molecule is CO[Si](CCCCCCCCCCCCCCCCCCCCCCO)(OC)OC. The molecule has 0 atom stereocenters. The van der Waals surface area contributed by atoms with E-state index in [-0.39, 0.29) is 0 Å². The van der Waals surface area contributed by atoms with Crippen LogP contribution in [0.2, 0.25) is 6.04 Å². The van der Waals surface area contributed by atoms with Gasteiger partial charge >= 0.3 is 8.80 Å². The summed E-state index contributed by atoms with van der Waals surface area (Å²) in [5.74, 6) is 0. The Bertz CT molecular complexity index is 316. The summed E-state index contributed by atoms with van der Waals surface area (Å²) in [6.45, 7) is 0.364. The van der Waals surface area contributed by atoms with Gasteiger partial charge in [-0.1, -0.05) is 116 Å². The smallest absolute Gasteiger partial charge is 0.396 e. The van der Waals surface area contributed by atoms with Crippen molar-refractivity contribution in [1.82, 2.24) is 0 Å². The molecule has 0 saturated heterocycles. The third-order valence-electron chi connectivity index (χ3n) is 6.32. The first-order chi connectivity index (χ1) is 14.7. The van der Waals surface area contributed by atoms with Gasteiger partial charge in [0.25, 0.3) is 0 Å². The average Bonchev–Trinajstić information content (AvgIpc) is 2.78. The molecular formula is C25H54O4Si. The van der Waals surface area contributed by atoms with Crippen LogP contribution in [0, 0.1) is 0 Å². The van der Waals surface area contributed by atoms with E-state index >= 15 is 0 Å². The molecule has 0 unspecified atom stereocenters. The van der Waals surface area contributed by atoms with E-state index in [2.05, 4.69) is 0 Å². The molecule has 0 fully saturated rings. The summed E-state index contributed by atoms with van der Waals surface area (Å²) in [4.78, 5) is 0. The quantitative estimate of drug-likeness (QED) is 0.115. The summed E-state index contributed by atoms with van der Waals surface area (Å²) in [7, 11) is 2.76. The Kier molecular flexibility index (Phi) is 23.8. The van der Waals surface area contributed by atoms with Crippen molar-refractivity contribution in [2.45, 2.75) is 134 Å². The second kappa shape index (κ2) is 23.7. The molecule has 30 heavy (non-hydrogen) atoms. The lowest BCUT2D eigenvalue weighted by Gasteiger charge is -2.24. The largest absolute Gasteiger partial charge is 0.500 e. The van der Waals surface area contributed by atoms with Crippen LogP contribution < -0.4 is 0 Å². The Labute approximate surface area is 189 Å². The van der Waals surface area contributed by atoms with Gasteiger partial charge in [0.15, 0.2) is 0 Å². The second-order valence-corrected chi connectivity index (χ2v) is 11.9. The van der Waals surface area contributed by atoms with E-state index in [0.29, 0.717) is 6.61 Å². The summed E-state index contributed by atoms with van der Waals surface area (Å²) >= 11 is 0. The van der Waals surface area contributed by atoms with Gasteiger partial charge in [0.05, 0.1) is 0 Å². The topological polar surface area (TPSA) is 47.9 Å². The van der Waals surface area contributed by atoms with Crippen molar-refractivity contribution >= 4 is 8.80 Å². The van der Waals surface area contributed by atoms with Gasteiger partial charge in [0.2, 0.25) is 0 Å². The first kappa shape index (κ1) is 30.1. The van der Waals surface area contributed by atoms with Crippen LogP contribution in [0.5, 0.6) is 0 Å². The van der Waals surface area contributed by atoms with Crippen molar-refractivity contribution in [2.24, 2.45) is 0 Å². The molecule has 0 aromatic carbocycles. The molecule has 5 heteroatoms. The molecular weight excluding hydrogens is 392 g/mol. The zero-order valence-corrected chi connectivity index (χ0v) is 21.7. The summed E-state index contributed by atoms with van der Waals surface area (Å²) in [6, 6.07) is 0.932. The average molecular weight is 447 g/mol. The second-order valence-electron chi connectivity index (χ2n) is 8.84. The van der Waals surface area contributed by atoms with Crippen molar-refractivity contribution in [3.05, 3.63) is 0 Å². The van der Waals surface area contributed by atoms with Crippen LogP contribution in [0.15, 0.2) is 0 Å². The van der Waals surface area contributed by atoms with Gasteiger partial charge in [-0.05, 0) is 12.8 Å². The van der Waals surface area contributed by atoms with Crippen LogP contribution in [0.4, 0.5) is 0 Å². The zero-order valence-electron chi connectivity index (χ0n) is 20.7. The number of aliphatic hydroxyl groups is 1. The highest BCUT2D eigenvalue weighted by molar-refractivity contribution is 6.60. The van der Waals surface area contributed by atoms with Gasteiger partial charge < -0.3 is 18.4 Å². The molecule has 0 aromatic rings. The van der Waals surface area contributed by atoms with E-state index in [9.17, 15) is 0 Å². The van der Waals surface area contributed by atoms with E-state index in [4.69, 9.17) is 18.4 Å². The van der Waals surface area contributed by atoms with Crippen LogP contribution in [-0.4, -0.2) is 41.8 Å². The summed E-state index contributed by atoms with van der Waals surface area (Å²) in [5.41, 5.74) is 0. The monoisotopic (exact) mass is 446 g/mol. The maximum Gasteiger partial charge on any atom is 0.500 e. The Hall–Kier alpha value is 0.0569. The fourth-order valence-electron chi connectivity index (χ4n) is 4.19. The van der Waals surface area contributed by atoms with Gasteiger partial charge in [-0.25, -0.2) is 0 Å².